The first kappa shape index (κ1) is 13.2. The van der Waals surface area contributed by atoms with E-state index in [1.807, 2.05) is 0 Å². The van der Waals surface area contributed by atoms with Crippen LogP contribution in [0.25, 0.3) is 0 Å². The minimum absolute atomic E-state index is 0.240. The van der Waals surface area contributed by atoms with E-state index in [0.29, 0.717) is 18.3 Å². The SMILES string of the molecule is C=C(CC(CCC)CC(C)C)C(=O)[O-]. The molecule has 1 unspecified atom stereocenters. The van der Waals surface area contributed by atoms with Crippen molar-refractivity contribution in [3.63, 3.8) is 0 Å². The zero-order chi connectivity index (χ0) is 11.1. The molecule has 2 nitrogen and oxygen atoms in total. The van der Waals surface area contributed by atoms with E-state index in [-0.39, 0.29) is 5.57 Å². The van der Waals surface area contributed by atoms with E-state index in [1.165, 1.54) is 0 Å². The third kappa shape index (κ3) is 5.79. The molecule has 0 spiro atoms. The summed E-state index contributed by atoms with van der Waals surface area (Å²) in [5.41, 5.74) is 0.240. The third-order valence-electron chi connectivity index (χ3n) is 2.33. The molecule has 0 aromatic carbocycles. The zero-order valence-corrected chi connectivity index (χ0v) is 9.51. The minimum Gasteiger partial charge on any atom is -0.545 e. The molecule has 0 fully saturated rings. The van der Waals surface area contributed by atoms with Gasteiger partial charge in [0.25, 0.3) is 0 Å². The van der Waals surface area contributed by atoms with Gasteiger partial charge < -0.3 is 9.90 Å². The van der Waals surface area contributed by atoms with Crippen molar-refractivity contribution in [2.75, 3.05) is 0 Å². The Hall–Kier alpha value is -0.790. The van der Waals surface area contributed by atoms with Gasteiger partial charge in [0.1, 0.15) is 0 Å². The molecule has 0 N–H and O–H groups in total. The van der Waals surface area contributed by atoms with Gasteiger partial charge in [-0.1, -0.05) is 40.2 Å². The molecule has 0 heterocycles. The Bertz CT molecular complexity index is 194. The van der Waals surface area contributed by atoms with Crippen LogP contribution in [-0.4, -0.2) is 5.97 Å². The number of hydrogen-bond acceptors (Lipinski definition) is 2. The van der Waals surface area contributed by atoms with E-state index in [9.17, 15) is 9.90 Å². The van der Waals surface area contributed by atoms with Gasteiger partial charge in [0.05, 0.1) is 5.97 Å². The molecular formula is C12H21O2-. The Morgan fingerprint density at radius 3 is 2.36 bits per heavy atom. The van der Waals surface area contributed by atoms with Crippen LogP contribution in [0.5, 0.6) is 0 Å². The monoisotopic (exact) mass is 197 g/mol. The second kappa shape index (κ2) is 6.63. The molecule has 2 heteroatoms. The van der Waals surface area contributed by atoms with Crippen LogP contribution in [0, 0.1) is 11.8 Å². The maximum atomic E-state index is 10.5. The van der Waals surface area contributed by atoms with Gasteiger partial charge in [-0.3, -0.25) is 0 Å². The van der Waals surface area contributed by atoms with Crippen LogP contribution in [0.2, 0.25) is 0 Å². The summed E-state index contributed by atoms with van der Waals surface area (Å²) in [6.07, 6.45) is 3.82. The third-order valence-corrected chi connectivity index (χ3v) is 2.33. The summed E-state index contributed by atoms with van der Waals surface area (Å²) < 4.78 is 0. The highest BCUT2D eigenvalue weighted by molar-refractivity contribution is 5.83. The first-order valence-electron chi connectivity index (χ1n) is 5.36. The lowest BCUT2D eigenvalue weighted by molar-refractivity contribution is -0.299. The van der Waals surface area contributed by atoms with Gasteiger partial charge in [-0.15, -0.1) is 0 Å². The second-order valence-corrected chi connectivity index (χ2v) is 4.38. The van der Waals surface area contributed by atoms with Crippen LogP contribution < -0.4 is 5.11 Å². The fourth-order valence-corrected chi connectivity index (χ4v) is 1.81. The molecule has 0 aliphatic rings. The summed E-state index contributed by atoms with van der Waals surface area (Å²) in [5, 5.41) is 10.5. The molecule has 1 atom stereocenters. The smallest absolute Gasteiger partial charge is 0.0669 e. The Kier molecular flexibility index (Phi) is 6.26. The fraction of sp³-hybridized carbons (Fsp3) is 0.750. The van der Waals surface area contributed by atoms with Crippen LogP contribution in [0.4, 0.5) is 0 Å². The van der Waals surface area contributed by atoms with Gasteiger partial charge in [-0.05, 0) is 30.3 Å². The van der Waals surface area contributed by atoms with Gasteiger partial charge in [-0.25, -0.2) is 0 Å². The normalized spacial score (nSPS) is 12.9. The Balaban J connectivity index is 4.08. The number of aliphatic carboxylic acids is 1. The first-order valence-corrected chi connectivity index (χ1v) is 5.36. The number of hydrogen-bond donors (Lipinski definition) is 0. The van der Waals surface area contributed by atoms with Gasteiger partial charge >= 0.3 is 0 Å². The lowest BCUT2D eigenvalue weighted by atomic mass is 9.88. The highest BCUT2D eigenvalue weighted by atomic mass is 16.4. The maximum Gasteiger partial charge on any atom is 0.0669 e. The van der Waals surface area contributed by atoms with Crippen LogP contribution in [0.1, 0.15) is 46.5 Å². The average molecular weight is 197 g/mol. The van der Waals surface area contributed by atoms with E-state index < -0.39 is 5.97 Å². The van der Waals surface area contributed by atoms with E-state index >= 15 is 0 Å². The summed E-state index contributed by atoms with van der Waals surface area (Å²) in [5.74, 6) is -0.0404. The maximum absolute atomic E-state index is 10.5. The van der Waals surface area contributed by atoms with E-state index in [4.69, 9.17) is 0 Å². The molecule has 14 heavy (non-hydrogen) atoms. The minimum atomic E-state index is -1.10. The molecule has 0 rings (SSSR count). The fourth-order valence-electron chi connectivity index (χ4n) is 1.81. The van der Waals surface area contributed by atoms with Crippen molar-refractivity contribution in [1.82, 2.24) is 0 Å². The molecule has 0 aliphatic heterocycles. The molecule has 0 aromatic rings. The van der Waals surface area contributed by atoms with Crippen LogP contribution in [0.15, 0.2) is 12.2 Å². The number of carbonyl (C=O) groups is 1. The van der Waals surface area contributed by atoms with Gasteiger partial charge in [-0.2, -0.15) is 0 Å². The van der Waals surface area contributed by atoms with E-state index in [1.54, 1.807) is 0 Å². The Morgan fingerprint density at radius 1 is 1.43 bits per heavy atom. The van der Waals surface area contributed by atoms with Crippen molar-refractivity contribution in [3.05, 3.63) is 12.2 Å². The van der Waals surface area contributed by atoms with Crippen LogP contribution in [-0.2, 0) is 4.79 Å². The highest BCUT2D eigenvalue weighted by Crippen LogP contribution is 2.23. The number of rotatable bonds is 7. The summed E-state index contributed by atoms with van der Waals surface area (Å²) in [7, 11) is 0. The highest BCUT2D eigenvalue weighted by Gasteiger charge is 2.11. The molecular weight excluding hydrogens is 176 g/mol. The predicted octanol–water partition coefficient (Wildman–Crippen LogP) is 2.14. The summed E-state index contributed by atoms with van der Waals surface area (Å²) in [6, 6.07) is 0. The van der Waals surface area contributed by atoms with Crippen molar-refractivity contribution >= 4 is 5.97 Å². The largest absolute Gasteiger partial charge is 0.545 e. The second-order valence-electron chi connectivity index (χ2n) is 4.38. The predicted molar refractivity (Wildman–Crippen MR) is 56.6 cm³/mol. The molecule has 0 bridgehead atoms. The molecule has 0 aromatic heterocycles. The lowest BCUT2D eigenvalue weighted by Gasteiger charge is -2.19. The van der Waals surface area contributed by atoms with E-state index in [2.05, 4.69) is 27.4 Å². The van der Waals surface area contributed by atoms with Crippen LogP contribution >= 0.6 is 0 Å². The molecule has 0 amide bonds. The first-order chi connectivity index (χ1) is 6.47. The molecule has 0 radical (unpaired) electrons. The van der Waals surface area contributed by atoms with E-state index in [0.717, 1.165) is 19.3 Å². The lowest BCUT2D eigenvalue weighted by Crippen LogP contribution is -2.25. The van der Waals surface area contributed by atoms with Crippen molar-refractivity contribution in [3.8, 4) is 0 Å². The van der Waals surface area contributed by atoms with Crippen LogP contribution in [0.3, 0.4) is 0 Å². The van der Waals surface area contributed by atoms with Crippen molar-refractivity contribution in [1.29, 1.82) is 0 Å². The van der Waals surface area contributed by atoms with Crippen molar-refractivity contribution in [2.24, 2.45) is 11.8 Å². The Morgan fingerprint density at radius 2 is 2.00 bits per heavy atom. The molecule has 0 aliphatic carbocycles. The zero-order valence-electron chi connectivity index (χ0n) is 9.51. The number of carbonyl (C=O) groups excluding carboxylic acids is 1. The topological polar surface area (TPSA) is 40.1 Å². The Labute approximate surface area is 87.0 Å². The van der Waals surface area contributed by atoms with Crippen molar-refractivity contribution < 1.29 is 9.90 Å². The number of carboxylic acids is 1. The standard InChI is InChI=1S/C12H22O2/c1-5-6-11(7-9(2)3)8-10(4)12(13)14/h9,11H,4-8H2,1-3H3,(H,13,14)/p-1. The molecule has 82 valence electrons. The van der Waals surface area contributed by atoms with Gasteiger partial charge in [0.2, 0.25) is 0 Å². The summed E-state index contributed by atoms with van der Waals surface area (Å²) in [6.45, 7) is 9.96. The quantitative estimate of drug-likeness (QED) is 0.587. The molecule has 0 saturated carbocycles. The summed E-state index contributed by atoms with van der Waals surface area (Å²) >= 11 is 0. The van der Waals surface area contributed by atoms with Crippen molar-refractivity contribution in [2.45, 2.75) is 46.5 Å². The van der Waals surface area contributed by atoms with Gasteiger partial charge in [0, 0.05) is 0 Å². The average Bonchev–Trinajstić information content (AvgIpc) is 2.02. The summed E-state index contributed by atoms with van der Waals surface area (Å²) in [4.78, 5) is 10.5. The molecule has 0 saturated heterocycles. The van der Waals surface area contributed by atoms with Gasteiger partial charge in [0.15, 0.2) is 0 Å². The number of carboxylic acid groups (broad SMARTS) is 1.